The van der Waals surface area contributed by atoms with Gasteiger partial charge in [-0.25, -0.2) is 0 Å². The molecule has 10 aromatic carbocycles. The molecular formula is C78H71NO2. The van der Waals surface area contributed by atoms with Crippen LogP contribution in [0.25, 0.3) is 45.5 Å². The number of unbranched alkanes of at least 4 members (excludes halogenated alkanes) is 6. The van der Waals surface area contributed by atoms with Gasteiger partial charge in [0.05, 0.1) is 13.2 Å². The lowest BCUT2D eigenvalue weighted by Gasteiger charge is -2.35. The Hall–Kier alpha value is -8.92. The van der Waals surface area contributed by atoms with Gasteiger partial charge in [-0.05, 0) is 164 Å². The molecule has 0 heterocycles. The summed E-state index contributed by atoms with van der Waals surface area (Å²) in [6.07, 6.45) is 14.3. The van der Waals surface area contributed by atoms with Crippen LogP contribution in [0, 0.1) is 0 Å². The first-order valence-electron chi connectivity index (χ1n) is 29.3. The highest BCUT2D eigenvalue weighted by atomic mass is 16.5. The molecule has 400 valence electrons. The first-order chi connectivity index (χ1) is 40.1. The van der Waals surface area contributed by atoms with Gasteiger partial charge in [-0.3, -0.25) is 0 Å². The monoisotopic (exact) mass is 1050 g/mol. The van der Waals surface area contributed by atoms with Crippen LogP contribution in [0.1, 0.15) is 109 Å². The summed E-state index contributed by atoms with van der Waals surface area (Å²) in [4.78, 5) is 2.53. The van der Waals surface area contributed by atoms with E-state index >= 15 is 0 Å². The Balaban J connectivity index is 0.912. The minimum Gasteiger partial charge on any atom is -0.494 e. The molecule has 81 heavy (non-hydrogen) atoms. The van der Waals surface area contributed by atoms with Crippen LogP contribution in [-0.4, -0.2) is 13.2 Å². The first-order valence-corrected chi connectivity index (χ1v) is 29.3. The molecule has 0 saturated carbocycles. The van der Waals surface area contributed by atoms with E-state index in [2.05, 4.69) is 243 Å². The third-order valence-corrected chi connectivity index (χ3v) is 17.2. The fourth-order valence-electron chi connectivity index (χ4n) is 13.2. The number of nitrogens with zero attached hydrogens (tertiary/aromatic N) is 1. The van der Waals surface area contributed by atoms with Crippen molar-refractivity contribution in [3.63, 3.8) is 0 Å². The van der Waals surface area contributed by atoms with Gasteiger partial charge in [-0.1, -0.05) is 252 Å². The van der Waals surface area contributed by atoms with Crippen LogP contribution in [-0.2, 0) is 10.8 Å². The highest BCUT2D eigenvalue weighted by Crippen LogP contribution is 2.59. The van der Waals surface area contributed by atoms with E-state index in [0.717, 1.165) is 104 Å². The second kappa shape index (κ2) is 24.2. The molecule has 2 aliphatic carbocycles. The largest absolute Gasteiger partial charge is 0.494 e. The minimum absolute atomic E-state index is 0.347. The van der Waals surface area contributed by atoms with Crippen molar-refractivity contribution in [3.8, 4) is 44.9 Å². The fraction of sp³-hybridized carbons (Fsp3) is 0.179. The van der Waals surface area contributed by atoms with Gasteiger partial charge in [-0.2, -0.15) is 0 Å². The van der Waals surface area contributed by atoms with E-state index in [-0.39, 0.29) is 10.8 Å². The first kappa shape index (κ1) is 52.8. The van der Waals surface area contributed by atoms with Gasteiger partial charge in [0, 0.05) is 27.9 Å². The molecule has 2 aliphatic rings. The second-order valence-corrected chi connectivity index (χ2v) is 21.9. The smallest absolute Gasteiger partial charge is 0.119 e. The molecule has 0 spiro atoms. The topological polar surface area (TPSA) is 21.7 Å². The molecular weight excluding hydrogens is 983 g/mol. The third kappa shape index (κ3) is 10.6. The maximum atomic E-state index is 6.19. The molecule has 2 unspecified atom stereocenters. The van der Waals surface area contributed by atoms with E-state index in [1.165, 1.54) is 66.8 Å². The van der Waals surface area contributed by atoms with E-state index in [4.69, 9.17) is 9.47 Å². The van der Waals surface area contributed by atoms with E-state index < -0.39 is 0 Å². The molecule has 0 radical (unpaired) electrons. The van der Waals surface area contributed by atoms with Gasteiger partial charge in [0.25, 0.3) is 0 Å². The van der Waals surface area contributed by atoms with Crippen LogP contribution in [0.4, 0.5) is 17.1 Å². The van der Waals surface area contributed by atoms with Crippen molar-refractivity contribution in [2.75, 3.05) is 18.1 Å². The average Bonchev–Trinajstić information content (AvgIpc) is 4.14. The molecule has 0 bridgehead atoms. The zero-order chi connectivity index (χ0) is 54.9. The lowest BCUT2D eigenvalue weighted by molar-refractivity contribution is 0.303. The van der Waals surface area contributed by atoms with Gasteiger partial charge in [0.1, 0.15) is 11.5 Å². The molecule has 0 N–H and O–H groups in total. The van der Waals surface area contributed by atoms with Gasteiger partial charge < -0.3 is 14.4 Å². The van der Waals surface area contributed by atoms with Gasteiger partial charge in [0.2, 0.25) is 0 Å². The Morgan fingerprint density at radius 3 is 1.14 bits per heavy atom. The van der Waals surface area contributed by atoms with Crippen molar-refractivity contribution < 1.29 is 9.47 Å². The van der Waals surface area contributed by atoms with Gasteiger partial charge in [-0.15, -0.1) is 0 Å². The Morgan fingerprint density at radius 1 is 0.321 bits per heavy atom. The zero-order valence-corrected chi connectivity index (χ0v) is 46.5. The minimum atomic E-state index is -0.347. The van der Waals surface area contributed by atoms with Crippen LogP contribution < -0.4 is 14.4 Å². The maximum Gasteiger partial charge on any atom is 0.119 e. The molecule has 0 fully saturated rings. The summed E-state index contributed by atoms with van der Waals surface area (Å²) in [5.41, 5.74) is 20.8. The number of ether oxygens (including phenoxy) is 2. The highest BCUT2D eigenvalue weighted by molar-refractivity contribution is 5.90. The van der Waals surface area contributed by atoms with Crippen molar-refractivity contribution in [1.82, 2.24) is 0 Å². The molecule has 2 atom stereocenters. The molecule has 12 rings (SSSR count). The second-order valence-electron chi connectivity index (χ2n) is 21.9. The Morgan fingerprint density at radius 2 is 0.691 bits per heavy atom. The highest BCUT2D eigenvalue weighted by Gasteiger charge is 2.46. The van der Waals surface area contributed by atoms with Crippen molar-refractivity contribution in [2.24, 2.45) is 0 Å². The number of hydrogen-bond acceptors (Lipinski definition) is 3. The third-order valence-electron chi connectivity index (χ3n) is 17.2. The molecule has 0 amide bonds. The van der Waals surface area contributed by atoms with E-state index in [9.17, 15) is 0 Å². The zero-order valence-electron chi connectivity index (χ0n) is 46.5. The summed E-state index contributed by atoms with van der Waals surface area (Å²) >= 11 is 0. The van der Waals surface area contributed by atoms with Crippen LogP contribution in [0.15, 0.2) is 262 Å². The van der Waals surface area contributed by atoms with E-state index in [1.807, 2.05) is 36.4 Å². The van der Waals surface area contributed by atoms with Crippen molar-refractivity contribution in [3.05, 3.63) is 306 Å². The summed E-state index contributed by atoms with van der Waals surface area (Å²) in [6.45, 7) is 9.21. The fourth-order valence-corrected chi connectivity index (χ4v) is 13.2. The number of fused-ring (bicyclic) bond motifs is 6. The Bertz CT molecular complexity index is 3530. The standard InChI is InChI=1S/C78H71NO2/c1-3-58-36-46-67(47-37-58)80-54-24-7-5-22-52-77(62-28-14-10-15-29-62)73-34-20-18-32-69(73)71-50-44-65(56-75(71)77)79(64-42-40-61(41-43-64)60-26-12-9-13-27-60)66-45-51-72-70-33-19-21-35-74(70)78(76(72)57-66,63-30-16-11-17-31-63)53-23-6-8-25-55-81-68-48-38-59(4-2)39-49-68/h3-4,9-21,26-51,56-57H,1-2,5-8,22-25,52-55H2. The number of rotatable bonds is 24. The van der Waals surface area contributed by atoms with Crippen LogP contribution in [0.5, 0.6) is 11.5 Å². The van der Waals surface area contributed by atoms with E-state index in [1.54, 1.807) is 0 Å². The predicted octanol–water partition coefficient (Wildman–Crippen LogP) is 20.8. The average molecular weight is 1050 g/mol. The molecule has 0 saturated heterocycles. The molecule has 3 nitrogen and oxygen atoms in total. The molecule has 10 aromatic rings. The Kier molecular flexibility index (Phi) is 15.8. The molecule has 3 heteroatoms. The molecule has 0 aliphatic heterocycles. The normalized spacial score (nSPS) is 15.5. The van der Waals surface area contributed by atoms with Crippen molar-refractivity contribution in [1.29, 1.82) is 0 Å². The van der Waals surface area contributed by atoms with E-state index in [0.29, 0.717) is 13.2 Å². The summed E-state index contributed by atoms with van der Waals surface area (Å²) in [5.74, 6) is 1.83. The lowest BCUT2D eigenvalue weighted by atomic mass is 9.69. The van der Waals surface area contributed by atoms with Gasteiger partial charge in [0.15, 0.2) is 0 Å². The van der Waals surface area contributed by atoms with Gasteiger partial charge >= 0.3 is 0 Å². The van der Waals surface area contributed by atoms with Crippen LogP contribution in [0.2, 0.25) is 0 Å². The lowest BCUT2D eigenvalue weighted by Crippen LogP contribution is -2.28. The summed E-state index contributed by atoms with van der Waals surface area (Å²) in [6, 6.07) is 92.1. The van der Waals surface area contributed by atoms with Crippen LogP contribution in [0.3, 0.4) is 0 Å². The summed E-state index contributed by atoms with van der Waals surface area (Å²) < 4.78 is 12.4. The Labute approximate surface area is 480 Å². The summed E-state index contributed by atoms with van der Waals surface area (Å²) in [5, 5.41) is 0. The van der Waals surface area contributed by atoms with Crippen molar-refractivity contribution >= 4 is 29.2 Å². The maximum absolute atomic E-state index is 6.19. The molecule has 0 aromatic heterocycles. The SMILES string of the molecule is C=Cc1ccc(OCCCCCCC2(c3ccccc3)c3ccccc3-c3ccc(N(c4ccc(-c5ccccc5)cc4)c4ccc5c(c4)C(CCCCCCOc4ccc(C=C)cc4)(c4ccccc4)c4ccccc4-5)cc32)cc1. The van der Waals surface area contributed by atoms with Crippen LogP contribution >= 0.6 is 0 Å². The number of hydrogen-bond donors (Lipinski definition) is 0. The van der Waals surface area contributed by atoms with Crippen molar-refractivity contribution in [2.45, 2.75) is 75.0 Å². The summed E-state index contributed by atoms with van der Waals surface area (Å²) in [7, 11) is 0. The quantitative estimate of drug-likeness (QED) is 0.0563. The number of benzene rings is 10. The predicted molar refractivity (Wildman–Crippen MR) is 340 cm³/mol. The number of anilines is 3.